The molecule has 2 N–H and O–H groups in total. The number of nitrogens with one attached hydrogen (secondary N) is 2. The van der Waals surface area contributed by atoms with Gasteiger partial charge in [0.05, 0.1) is 11.0 Å². The molecular weight excluding hydrogens is 400 g/mol. The van der Waals surface area contributed by atoms with Gasteiger partial charge in [-0.25, -0.2) is 4.98 Å². The number of anilines is 1. The Morgan fingerprint density at radius 3 is 2.47 bits per heavy atom. The number of halogens is 1. The minimum atomic E-state index is -0.203. The molecule has 30 heavy (non-hydrogen) atoms. The Kier molecular flexibility index (Phi) is 7.11. The average molecular weight is 427 g/mol. The zero-order valence-corrected chi connectivity index (χ0v) is 18.3. The van der Waals surface area contributed by atoms with Crippen LogP contribution in [0.5, 0.6) is 0 Å². The van der Waals surface area contributed by atoms with Gasteiger partial charge in [0.2, 0.25) is 5.91 Å². The third-order valence-electron chi connectivity index (χ3n) is 5.34. The van der Waals surface area contributed by atoms with E-state index in [2.05, 4.69) is 15.6 Å². The topological polar surface area (TPSA) is 76.0 Å². The van der Waals surface area contributed by atoms with Gasteiger partial charge >= 0.3 is 0 Å². The first-order valence-electron chi connectivity index (χ1n) is 10.2. The van der Waals surface area contributed by atoms with Crippen LogP contribution in [0.3, 0.4) is 0 Å². The van der Waals surface area contributed by atoms with Crippen molar-refractivity contribution in [2.75, 3.05) is 11.9 Å². The smallest absolute Gasteiger partial charge is 0.255 e. The van der Waals surface area contributed by atoms with Crippen molar-refractivity contribution in [3.63, 3.8) is 0 Å². The number of amides is 2. The lowest BCUT2D eigenvalue weighted by molar-refractivity contribution is -0.125. The summed E-state index contributed by atoms with van der Waals surface area (Å²) in [5.41, 5.74) is 2.98. The lowest BCUT2D eigenvalue weighted by Crippen LogP contribution is -2.32. The van der Waals surface area contributed by atoms with E-state index in [1.807, 2.05) is 43.7 Å². The van der Waals surface area contributed by atoms with Crippen molar-refractivity contribution in [1.82, 2.24) is 14.9 Å². The number of rotatable bonds is 8. The highest BCUT2D eigenvalue weighted by atomic mass is 35.5. The molecule has 0 aliphatic rings. The van der Waals surface area contributed by atoms with Crippen LogP contribution in [-0.2, 0) is 18.3 Å². The number of fused-ring (bicyclic) bond motifs is 1. The van der Waals surface area contributed by atoms with Crippen LogP contribution in [0.1, 0.15) is 42.9 Å². The molecule has 0 saturated carbocycles. The summed E-state index contributed by atoms with van der Waals surface area (Å²) in [4.78, 5) is 29.3. The molecule has 0 aliphatic carbocycles. The number of hydrogen-bond donors (Lipinski definition) is 2. The van der Waals surface area contributed by atoms with Gasteiger partial charge in [0.15, 0.2) is 0 Å². The zero-order chi connectivity index (χ0) is 21.7. The molecule has 6 nitrogen and oxygen atoms in total. The van der Waals surface area contributed by atoms with Crippen molar-refractivity contribution < 1.29 is 9.59 Å². The molecule has 0 aliphatic heterocycles. The van der Waals surface area contributed by atoms with Crippen LogP contribution in [0, 0.1) is 5.92 Å². The first-order chi connectivity index (χ1) is 14.4. The van der Waals surface area contributed by atoms with E-state index in [1.54, 1.807) is 24.3 Å². The minimum absolute atomic E-state index is 0.0669. The highest BCUT2D eigenvalue weighted by Gasteiger charge is 2.14. The van der Waals surface area contributed by atoms with Gasteiger partial charge in [-0.3, -0.25) is 9.59 Å². The Balaban J connectivity index is 1.67. The fraction of sp³-hybridized carbons (Fsp3) is 0.348. The fourth-order valence-electron chi connectivity index (χ4n) is 3.46. The third kappa shape index (κ3) is 5.00. The van der Waals surface area contributed by atoms with Crippen molar-refractivity contribution in [2.45, 2.75) is 33.1 Å². The largest absolute Gasteiger partial charge is 0.355 e. The van der Waals surface area contributed by atoms with Crippen molar-refractivity contribution in [2.24, 2.45) is 13.0 Å². The second-order valence-corrected chi connectivity index (χ2v) is 7.74. The molecular formula is C23H27ClN4O2. The van der Waals surface area contributed by atoms with Crippen LogP contribution in [0.15, 0.2) is 42.5 Å². The van der Waals surface area contributed by atoms with Crippen LogP contribution < -0.4 is 10.6 Å². The molecule has 3 aromatic rings. The van der Waals surface area contributed by atoms with Crippen LogP contribution in [-0.4, -0.2) is 27.9 Å². The molecule has 0 bridgehead atoms. The van der Waals surface area contributed by atoms with Gasteiger partial charge < -0.3 is 15.2 Å². The van der Waals surface area contributed by atoms with Gasteiger partial charge in [-0.1, -0.05) is 25.4 Å². The molecule has 2 aromatic carbocycles. The Labute approximate surface area is 181 Å². The second kappa shape index (κ2) is 9.76. The molecule has 1 heterocycles. The summed E-state index contributed by atoms with van der Waals surface area (Å²) in [5.74, 6) is 0.852. The van der Waals surface area contributed by atoms with Gasteiger partial charge in [0, 0.05) is 42.2 Å². The summed E-state index contributed by atoms with van der Waals surface area (Å²) in [7, 11) is 1.96. The molecule has 0 atom stereocenters. The number of hydrogen-bond acceptors (Lipinski definition) is 3. The van der Waals surface area contributed by atoms with Gasteiger partial charge in [-0.2, -0.15) is 0 Å². The molecule has 3 rings (SSSR count). The maximum Gasteiger partial charge on any atom is 0.255 e. The highest BCUT2D eigenvalue weighted by Crippen LogP contribution is 2.21. The van der Waals surface area contributed by atoms with Crippen molar-refractivity contribution >= 4 is 40.1 Å². The van der Waals surface area contributed by atoms with E-state index in [1.165, 1.54) is 0 Å². The average Bonchev–Trinajstić information content (AvgIpc) is 3.04. The van der Waals surface area contributed by atoms with Gasteiger partial charge in [0.25, 0.3) is 5.91 Å². The molecule has 0 spiro atoms. The van der Waals surface area contributed by atoms with Gasteiger partial charge in [0.1, 0.15) is 5.82 Å². The summed E-state index contributed by atoms with van der Waals surface area (Å²) >= 11 is 5.88. The number of carbonyl (C=O) groups excluding carboxylic acids is 2. The Morgan fingerprint density at radius 2 is 1.80 bits per heavy atom. The van der Waals surface area contributed by atoms with Crippen LogP contribution in [0.4, 0.5) is 5.69 Å². The zero-order valence-electron chi connectivity index (χ0n) is 17.5. The second-order valence-electron chi connectivity index (χ2n) is 7.31. The Hall–Kier alpha value is -2.86. The minimum Gasteiger partial charge on any atom is -0.355 e. The predicted molar refractivity (Wildman–Crippen MR) is 121 cm³/mol. The van der Waals surface area contributed by atoms with Crippen LogP contribution >= 0.6 is 11.6 Å². The van der Waals surface area contributed by atoms with E-state index in [-0.39, 0.29) is 17.7 Å². The number of carbonyl (C=O) groups is 2. The molecule has 0 saturated heterocycles. The predicted octanol–water partition coefficient (Wildman–Crippen LogP) is 4.57. The van der Waals surface area contributed by atoms with Crippen LogP contribution in [0.25, 0.3) is 11.0 Å². The van der Waals surface area contributed by atoms with Crippen molar-refractivity contribution in [1.29, 1.82) is 0 Å². The van der Waals surface area contributed by atoms with E-state index in [9.17, 15) is 9.59 Å². The molecule has 0 fully saturated rings. The number of aryl methyl sites for hydroxylation is 1. The number of imidazole rings is 1. The first-order valence-corrected chi connectivity index (χ1v) is 10.6. The highest BCUT2D eigenvalue weighted by molar-refractivity contribution is 6.30. The van der Waals surface area contributed by atoms with Gasteiger partial charge in [-0.15, -0.1) is 0 Å². The van der Waals surface area contributed by atoms with Gasteiger partial charge in [-0.05, 0) is 55.3 Å². The standard InChI is InChI=1S/C23H27ClN4O2/c1-4-15(5-2)22(29)25-13-12-21-27-19-14-18(10-11-20(19)28(21)3)26-23(30)16-6-8-17(24)9-7-16/h6-11,14-15H,4-5,12-13H2,1-3H3,(H,25,29)(H,26,30). The van der Waals surface area contributed by atoms with E-state index in [0.717, 1.165) is 29.7 Å². The quantitative estimate of drug-likeness (QED) is 0.553. The first kappa shape index (κ1) is 21.8. The normalized spacial score (nSPS) is 11.1. The number of nitrogens with zero attached hydrogens (tertiary/aromatic N) is 2. The number of aromatic nitrogens is 2. The van der Waals surface area contributed by atoms with E-state index >= 15 is 0 Å². The third-order valence-corrected chi connectivity index (χ3v) is 5.59. The SMILES string of the molecule is CCC(CC)C(=O)NCCc1nc2cc(NC(=O)c3ccc(Cl)cc3)ccc2n1C. The number of benzene rings is 2. The molecule has 2 amide bonds. The molecule has 0 radical (unpaired) electrons. The summed E-state index contributed by atoms with van der Waals surface area (Å²) in [6, 6.07) is 12.4. The summed E-state index contributed by atoms with van der Waals surface area (Å²) in [6.45, 7) is 4.61. The lowest BCUT2D eigenvalue weighted by atomic mass is 10.0. The summed E-state index contributed by atoms with van der Waals surface area (Å²) < 4.78 is 2.02. The maximum absolute atomic E-state index is 12.4. The molecule has 158 valence electrons. The van der Waals surface area contributed by atoms with E-state index < -0.39 is 0 Å². The van der Waals surface area contributed by atoms with E-state index in [0.29, 0.717) is 29.2 Å². The lowest BCUT2D eigenvalue weighted by Gasteiger charge is -2.12. The fourth-order valence-corrected chi connectivity index (χ4v) is 3.58. The Morgan fingerprint density at radius 1 is 1.10 bits per heavy atom. The summed E-state index contributed by atoms with van der Waals surface area (Å²) in [6.07, 6.45) is 2.34. The van der Waals surface area contributed by atoms with Crippen molar-refractivity contribution in [3.8, 4) is 0 Å². The Bertz CT molecular complexity index is 1040. The summed E-state index contributed by atoms with van der Waals surface area (Å²) in [5, 5.41) is 6.49. The van der Waals surface area contributed by atoms with Crippen LogP contribution in [0.2, 0.25) is 5.02 Å². The van der Waals surface area contributed by atoms with Crippen molar-refractivity contribution in [3.05, 3.63) is 58.9 Å². The monoisotopic (exact) mass is 426 g/mol. The molecule has 7 heteroatoms. The van der Waals surface area contributed by atoms with E-state index in [4.69, 9.17) is 11.6 Å². The molecule has 1 aromatic heterocycles. The molecule has 0 unspecified atom stereocenters. The maximum atomic E-state index is 12.4.